The number of nitrogens with one attached hydrogen (secondary N) is 3. The Kier molecular flexibility index (Phi) is 5.90. The van der Waals surface area contributed by atoms with Gasteiger partial charge in [-0.3, -0.25) is 19.4 Å². The first-order valence-electron chi connectivity index (χ1n) is 8.31. The smallest absolute Gasteiger partial charge is 0.238 e. The Balaban J connectivity index is 1.48. The van der Waals surface area contributed by atoms with E-state index < -0.39 is 5.92 Å². The Morgan fingerprint density at radius 2 is 2.19 bits per heavy atom. The SMILES string of the molecule is O=C(Cc1csc(NC(=O)C2CCCNC2=O)n1)NCc1ccccn1. The number of nitrogens with zero attached hydrogens (tertiary/aromatic N) is 2. The second-order valence-electron chi connectivity index (χ2n) is 5.89. The molecule has 1 unspecified atom stereocenters. The van der Waals surface area contributed by atoms with Crippen LogP contribution in [0.1, 0.15) is 24.2 Å². The quantitative estimate of drug-likeness (QED) is 0.650. The van der Waals surface area contributed by atoms with E-state index in [-0.39, 0.29) is 24.1 Å². The Morgan fingerprint density at radius 3 is 2.96 bits per heavy atom. The summed E-state index contributed by atoms with van der Waals surface area (Å²) < 4.78 is 0. The molecule has 2 aromatic heterocycles. The van der Waals surface area contributed by atoms with Gasteiger partial charge in [0.15, 0.2) is 5.13 Å². The molecule has 1 aliphatic rings. The van der Waals surface area contributed by atoms with Crippen LogP contribution >= 0.6 is 11.3 Å². The number of carbonyl (C=O) groups excluding carboxylic acids is 3. The molecule has 1 fully saturated rings. The predicted molar refractivity (Wildman–Crippen MR) is 96.3 cm³/mol. The zero-order valence-corrected chi connectivity index (χ0v) is 14.8. The lowest BCUT2D eigenvalue weighted by Crippen LogP contribution is -2.42. The molecule has 0 saturated carbocycles. The molecule has 0 bridgehead atoms. The average molecular weight is 373 g/mol. The lowest BCUT2D eigenvalue weighted by atomic mass is 9.98. The standard InChI is InChI=1S/C17H19N5O3S/c23-14(20-9-11-4-1-2-6-18-11)8-12-10-26-17(21-12)22-16(25)13-5-3-7-19-15(13)24/h1-2,4,6,10,13H,3,5,7-9H2,(H,19,24)(H,20,23)(H,21,22,25). The van der Waals surface area contributed by atoms with E-state index >= 15 is 0 Å². The molecule has 136 valence electrons. The number of rotatable bonds is 6. The second kappa shape index (κ2) is 8.52. The highest BCUT2D eigenvalue weighted by atomic mass is 32.1. The van der Waals surface area contributed by atoms with Gasteiger partial charge in [0, 0.05) is 18.1 Å². The minimum absolute atomic E-state index is 0.114. The number of hydrogen-bond donors (Lipinski definition) is 3. The number of piperidine rings is 1. The molecule has 0 radical (unpaired) electrons. The lowest BCUT2D eigenvalue weighted by molar-refractivity contribution is -0.134. The van der Waals surface area contributed by atoms with Crippen LogP contribution in [0.25, 0.3) is 0 Å². The van der Waals surface area contributed by atoms with Crippen LogP contribution in [0.5, 0.6) is 0 Å². The Morgan fingerprint density at radius 1 is 1.31 bits per heavy atom. The molecule has 1 saturated heterocycles. The first kappa shape index (κ1) is 18.0. The normalized spacial score (nSPS) is 16.6. The van der Waals surface area contributed by atoms with Crippen LogP contribution in [0.15, 0.2) is 29.8 Å². The fourth-order valence-electron chi connectivity index (χ4n) is 2.58. The zero-order chi connectivity index (χ0) is 18.4. The van der Waals surface area contributed by atoms with Crippen molar-refractivity contribution < 1.29 is 14.4 Å². The molecule has 1 atom stereocenters. The third-order valence-corrected chi connectivity index (χ3v) is 4.72. The van der Waals surface area contributed by atoms with E-state index in [2.05, 4.69) is 25.9 Å². The van der Waals surface area contributed by atoms with Crippen molar-refractivity contribution in [3.63, 3.8) is 0 Å². The number of anilines is 1. The zero-order valence-electron chi connectivity index (χ0n) is 14.0. The maximum absolute atomic E-state index is 12.2. The summed E-state index contributed by atoms with van der Waals surface area (Å²) in [6.45, 7) is 0.960. The molecule has 3 amide bonds. The topological polar surface area (TPSA) is 113 Å². The van der Waals surface area contributed by atoms with Crippen LogP contribution in [0, 0.1) is 5.92 Å². The van der Waals surface area contributed by atoms with Gasteiger partial charge in [0.1, 0.15) is 5.92 Å². The number of hydrogen-bond acceptors (Lipinski definition) is 6. The van der Waals surface area contributed by atoms with Crippen molar-refractivity contribution in [2.45, 2.75) is 25.8 Å². The van der Waals surface area contributed by atoms with Gasteiger partial charge in [0.05, 0.1) is 24.4 Å². The van der Waals surface area contributed by atoms with E-state index in [1.165, 1.54) is 11.3 Å². The van der Waals surface area contributed by atoms with E-state index in [1.54, 1.807) is 11.6 Å². The van der Waals surface area contributed by atoms with Gasteiger partial charge in [-0.05, 0) is 25.0 Å². The van der Waals surface area contributed by atoms with Crippen LogP contribution in [0.4, 0.5) is 5.13 Å². The molecule has 3 heterocycles. The number of carbonyl (C=O) groups is 3. The van der Waals surface area contributed by atoms with Crippen LogP contribution in [0.2, 0.25) is 0 Å². The third-order valence-electron chi connectivity index (χ3n) is 3.92. The van der Waals surface area contributed by atoms with Gasteiger partial charge in [0.25, 0.3) is 0 Å². The summed E-state index contributed by atoms with van der Waals surface area (Å²) in [5.41, 5.74) is 1.34. The van der Waals surface area contributed by atoms with E-state index in [1.807, 2.05) is 18.2 Å². The Labute approximate surface area is 154 Å². The average Bonchev–Trinajstić information content (AvgIpc) is 3.08. The molecule has 9 heteroatoms. The van der Waals surface area contributed by atoms with Crippen molar-refractivity contribution in [3.8, 4) is 0 Å². The van der Waals surface area contributed by atoms with Crippen molar-refractivity contribution in [3.05, 3.63) is 41.2 Å². The van der Waals surface area contributed by atoms with Gasteiger partial charge in [-0.15, -0.1) is 11.3 Å². The van der Waals surface area contributed by atoms with E-state index in [9.17, 15) is 14.4 Å². The summed E-state index contributed by atoms with van der Waals surface area (Å²) in [4.78, 5) is 44.3. The molecule has 2 aromatic rings. The number of aromatic nitrogens is 2. The summed E-state index contributed by atoms with van der Waals surface area (Å²) in [6.07, 6.45) is 3.10. The van der Waals surface area contributed by atoms with E-state index in [0.717, 1.165) is 12.1 Å². The van der Waals surface area contributed by atoms with Gasteiger partial charge >= 0.3 is 0 Å². The highest BCUT2D eigenvalue weighted by molar-refractivity contribution is 7.13. The van der Waals surface area contributed by atoms with Crippen LogP contribution < -0.4 is 16.0 Å². The van der Waals surface area contributed by atoms with Crippen LogP contribution in [-0.2, 0) is 27.3 Å². The van der Waals surface area contributed by atoms with Gasteiger partial charge in [-0.1, -0.05) is 6.07 Å². The van der Waals surface area contributed by atoms with Crippen molar-refractivity contribution in [2.24, 2.45) is 5.92 Å². The fourth-order valence-corrected chi connectivity index (χ4v) is 3.29. The van der Waals surface area contributed by atoms with Gasteiger partial charge < -0.3 is 16.0 Å². The van der Waals surface area contributed by atoms with Crippen LogP contribution in [0.3, 0.4) is 0 Å². The van der Waals surface area contributed by atoms with E-state index in [0.29, 0.717) is 30.3 Å². The van der Waals surface area contributed by atoms with Crippen molar-refractivity contribution >= 4 is 34.2 Å². The molecule has 3 N–H and O–H groups in total. The highest BCUT2D eigenvalue weighted by Gasteiger charge is 2.29. The van der Waals surface area contributed by atoms with E-state index in [4.69, 9.17) is 0 Å². The summed E-state index contributed by atoms with van der Waals surface area (Å²) in [5, 5.41) is 10.2. The Bertz CT molecular complexity index is 793. The summed E-state index contributed by atoms with van der Waals surface area (Å²) in [5.74, 6) is -1.47. The summed E-state index contributed by atoms with van der Waals surface area (Å²) in [6, 6.07) is 5.50. The molecular formula is C17H19N5O3S. The monoisotopic (exact) mass is 373 g/mol. The minimum Gasteiger partial charge on any atom is -0.355 e. The van der Waals surface area contributed by atoms with Crippen LogP contribution in [-0.4, -0.2) is 34.2 Å². The first-order chi connectivity index (χ1) is 12.6. The number of thiazole rings is 1. The highest BCUT2D eigenvalue weighted by Crippen LogP contribution is 2.19. The fraction of sp³-hybridized carbons (Fsp3) is 0.353. The lowest BCUT2D eigenvalue weighted by Gasteiger charge is -2.20. The molecule has 0 aliphatic carbocycles. The van der Waals surface area contributed by atoms with Crippen molar-refractivity contribution in [2.75, 3.05) is 11.9 Å². The number of pyridine rings is 1. The first-order valence-corrected chi connectivity index (χ1v) is 9.19. The molecule has 8 nitrogen and oxygen atoms in total. The maximum Gasteiger partial charge on any atom is 0.238 e. The molecular weight excluding hydrogens is 354 g/mol. The molecule has 3 rings (SSSR count). The molecule has 26 heavy (non-hydrogen) atoms. The maximum atomic E-state index is 12.2. The van der Waals surface area contributed by atoms with Gasteiger partial charge in [-0.25, -0.2) is 4.98 Å². The van der Waals surface area contributed by atoms with Crippen molar-refractivity contribution in [1.82, 2.24) is 20.6 Å². The largest absolute Gasteiger partial charge is 0.355 e. The summed E-state index contributed by atoms with van der Waals surface area (Å²) >= 11 is 1.23. The minimum atomic E-state index is -0.683. The molecule has 1 aliphatic heterocycles. The summed E-state index contributed by atoms with van der Waals surface area (Å²) in [7, 11) is 0. The van der Waals surface area contributed by atoms with Gasteiger partial charge in [-0.2, -0.15) is 0 Å². The van der Waals surface area contributed by atoms with Crippen molar-refractivity contribution in [1.29, 1.82) is 0 Å². The second-order valence-corrected chi connectivity index (χ2v) is 6.75. The van der Waals surface area contributed by atoms with Gasteiger partial charge in [0.2, 0.25) is 17.7 Å². The Hall–Kier alpha value is -2.81. The molecule has 0 spiro atoms. The number of amides is 3. The predicted octanol–water partition coefficient (Wildman–Crippen LogP) is 0.862. The molecule has 0 aromatic carbocycles. The third kappa shape index (κ3) is 4.85.